The summed E-state index contributed by atoms with van der Waals surface area (Å²) in [6.45, 7) is 6.40. The Morgan fingerprint density at radius 2 is 2.17 bits per heavy atom. The summed E-state index contributed by atoms with van der Waals surface area (Å²) in [5.74, 6) is 0.488. The highest BCUT2D eigenvalue weighted by molar-refractivity contribution is 5.86. The molecule has 0 N–H and O–H groups in total. The Labute approximate surface area is 107 Å². The summed E-state index contributed by atoms with van der Waals surface area (Å²) >= 11 is 0. The van der Waals surface area contributed by atoms with E-state index in [1.54, 1.807) is 0 Å². The smallest absolute Gasteiger partial charge is 0.316 e. The van der Waals surface area contributed by atoms with Gasteiger partial charge in [0.25, 0.3) is 0 Å². The summed E-state index contributed by atoms with van der Waals surface area (Å²) in [4.78, 5) is 11.8. The Morgan fingerprint density at radius 1 is 1.44 bits per heavy atom. The SMILES string of the molecule is C=C(OCC)c1cccc(C2(C(=O)OC)CC2)c1. The minimum atomic E-state index is -0.433. The van der Waals surface area contributed by atoms with Gasteiger partial charge in [0.05, 0.1) is 19.1 Å². The van der Waals surface area contributed by atoms with Crippen LogP contribution in [0.25, 0.3) is 5.76 Å². The van der Waals surface area contributed by atoms with E-state index in [4.69, 9.17) is 9.47 Å². The molecule has 1 aromatic carbocycles. The van der Waals surface area contributed by atoms with Crippen LogP contribution in [0.4, 0.5) is 0 Å². The molecule has 0 saturated heterocycles. The molecule has 96 valence electrons. The van der Waals surface area contributed by atoms with Gasteiger partial charge in [0.15, 0.2) is 0 Å². The highest BCUT2D eigenvalue weighted by Gasteiger charge is 2.52. The van der Waals surface area contributed by atoms with E-state index < -0.39 is 5.41 Å². The minimum Gasteiger partial charge on any atom is -0.494 e. The van der Waals surface area contributed by atoms with E-state index >= 15 is 0 Å². The average Bonchev–Trinajstić information content (AvgIpc) is 3.20. The summed E-state index contributed by atoms with van der Waals surface area (Å²) in [7, 11) is 1.44. The zero-order valence-corrected chi connectivity index (χ0v) is 10.9. The zero-order valence-electron chi connectivity index (χ0n) is 10.9. The standard InChI is InChI=1S/C15H18O3/c1-4-18-11(2)12-6-5-7-13(10-12)15(8-9-15)14(16)17-3/h5-7,10H,2,4,8-9H2,1,3H3. The fourth-order valence-corrected chi connectivity index (χ4v) is 2.18. The highest BCUT2D eigenvalue weighted by atomic mass is 16.5. The third-order valence-electron chi connectivity index (χ3n) is 3.38. The van der Waals surface area contributed by atoms with Crippen LogP contribution in [0, 0.1) is 0 Å². The molecule has 0 radical (unpaired) electrons. The van der Waals surface area contributed by atoms with Crippen molar-refractivity contribution in [2.75, 3.05) is 13.7 Å². The van der Waals surface area contributed by atoms with Crippen LogP contribution in [0.1, 0.15) is 30.9 Å². The normalized spacial score (nSPS) is 15.9. The number of methoxy groups -OCH3 is 1. The first-order chi connectivity index (χ1) is 8.64. The maximum absolute atomic E-state index is 11.8. The van der Waals surface area contributed by atoms with Gasteiger partial charge < -0.3 is 9.47 Å². The molecule has 1 aromatic rings. The van der Waals surface area contributed by atoms with E-state index in [1.807, 2.05) is 31.2 Å². The number of hydrogen-bond acceptors (Lipinski definition) is 3. The molecule has 0 spiro atoms. The van der Waals surface area contributed by atoms with Gasteiger partial charge in [-0.2, -0.15) is 0 Å². The van der Waals surface area contributed by atoms with Crippen molar-refractivity contribution < 1.29 is 14.3 Å². The zero-order chi connectivity index (χ0) is 13.2. The summed E-state index contributed by atoms with van der Waals surface area (Å²) < 4.78 is 10.3. The molecule has 0 aliphatic heterocycles. The van der Waals surface area contributed by atoms with Gasteiger partial charge in [-0.1, -0.05) is 24.8 Å². The van der Waals surface area contributed by atoms with Gasteiger partial charge in [0, 0.05) is 5.56 Å². The highest BCUT2D eigenvalue weighted by Crippen LogP contribution is 2.49. The average molecular weight is 246 g/mol. The van der Waals surface area contributed by atoms with E-state index in [0.29, 0.717) is 12.4 Å². The Morgan fingerprint density at radius 3 is 2.72 bits per heavy atom. The van der Waals surface area contributed by atoms with Crippen LogP contribution < -0.4 is 0 Å². The third kappa shape index (κ3) is 2.13. The second-order valence-electron chi connectivity index (χ2n) is 4.51. The molecule has 3 heteroatoms. The fraction of sp³-hybridized carbons (Fsp3) is 0.400. The first kappa shape index (κ1) is 12.7. The largest absolute Gasteiger partial charge is 0.494 e. The van der Waals surface area contributed by atoms with Gasteiger partial charge in [0.1, 0.15) is 5.76 Å². The predicted octanol–water partition coefficient (Wildman–Crippen LogP) is 2.90. The summed E-state index contributed by atoms with van der Waals surface area (Å²) in [6, 6.07) is 7.81. The van der Waals surface area contributed by atoms with Gasteiger partial charge in [-0.05, 0) is 31.4 Å². The lowest BCUT2D eigenvalue weighted by Crippen LogP contribution is -2.21. The third-order valence-corrected chi connectivity index (χ3v) is 3.38. The Bertz CT molecular complexity index is 472. The molecular weight excluding hydrogens is 228 g/mol. The van der Waals surface area contributed by atoms with E-state index in [-0.39, 0.29) is 5.97 Å². The molecule has 0 atom stereocenters. The number of benzene rings is 1. The van der Waals surface area contributed by atoms with Crippen molar-refractivity contribution >= 4 is 11.7 Å². The lowest BCUT2D eigenvalue weighted by molar-refractivity contribution is -0.143. The lowest BCUT2D eigenvalue weighted by atomic mass is 9.94. The maximum atomic E-state index is 11.8. The molecule has 18 heavy (non-hydrogen) atoms. The van der Waals surface area contributed by atoms with E-state index in [2.05, 4.69) is 6.58 Å². The van der Waals surface area contributed by atoms with Crippen molar-refractivity contribution in [2.45, 2.75) is 25.2 Å². The van der Waals surface area contributed by atoms with Crippen molar-refractivity contribution in [3.63, 3.8) is 0 Å². The van der Waals surface area contributed by atoms with E-state index in [1.165, 1.54) is 7.11 Å². The molecule has 0 unspecified atom stereocenters. The number of carbonyl (C=O) groups is 1. The number of hydrogen-bond donors (Lipinski definition) is 0. The topological polar surface area (TPSA) is 35.5 Å². The number of esters is 1. The molecule has 0 bridgehead atoms. The van der Waals surface area contributed by atoms with Crippen molar-refractivity contribution in [3.05, 3.63) is 42.0 Å². The molecule has 3 nitrogen and oxygen atoms in total. The van der Waals surface area contributed by atoms with Gasteiger partial charge in [-0.15, -0.1) is 0 Å². The quantitative estimate of drug-likeness (QED) is 0.592. The van der Waals surface area contributed by atoms with Gasteiger partial charge in [0.2, 0.25) is 0 Å². The molecule has 0 heterocycles. The number of carbonyl (C=O) groups excluding carboxylic acids is 1. The predicted molar refractivity (Wildman–Crippen MR) is 70.0 cm³/mol. The lowest BCUT2D eigenvalue weighted by Gasteiger charge is -2.15. The maximum Gasteiger partial charge on any atom is 0.316 e. The van der Waals surface area contributed by atoms with Crippen LogP contribution in [0.15, 0.2) is 30.8 Å². The van der Waals surface area contributed by atoms with Crippen molar-refractivity contribution in [1.82, 2.24) is 0 Å². The molecule has 2 rings (SSSR count). The molecule has 1 saturated carbocycles. The van der Waals surface area contributed by atoms with Crippen molar-refractivity contribution in [1.29, 1.82) is 0 Å². The molecule has 0 aromatic heterocycles. The van der Waals surface area contributed by atoms with Crippen LogP contribution in [0.2, 0.25) is 0 Å². The van der Waals surface area contributed by atoms with E-state index in [0.717, 1.165) is 24.0 Å². The van der Waals surface area contributed by atoms with Crippen molar-refractivity contribution in [3.8, 4) is 0 Å². The monoisotopic (exact) mass is 246 g/mol. The van der Waals surface area contributed by atoms with Gasteiger partial charge in [-0.25, -0.2) is 0 Å². The molecule has 1 aliphatic rings. The second kappa shape index (κ2) is 4.84. The summed E-state index contributed by atoms with van der Waals surface area (Å²) in [6.07, 6.45) is 1.70. The Kier molecular flexibility index (Phi) is 3.41. The van der Waals surface area contributed by atoms with Crippen LogP contribution in [-0.4, -0.2) is 19.7 Å². The Hall–Kier alpha value is -1.77. The van der Waals surface area contributed by atoms with Gasteiger partial charge >= 0.3 is 5.97 Å². The van der Waals surface area contributed by atoms with Crippen LogP contribution in [0.3, 0.4) is 0 Å². The van der Waals surface area contributed by atoms with Crippen molar-refractivity contribution in [2.24, 2.45) is 0 Å². The molecule has 0 amide bonds. The summed E-state index contributed by atoms with van der Waals surface area (Å²) in [5.41, 5.74) is 1.48. The fourth-order valence-electron chi connectivity index (χ4n) is 2.18. The van der Waals surface area contributed by atoms with Crippen LogP contribution >= 0.6 is 0 Å². The van der Waals surface area contributed by atoms with Gasteiger partial charge in [-0.3, -0.25) is 4.79 Å². The first-order valence-electron chi connectivity index (χ1n) is 6.15. The van der Waals surface area contributed by atoms with Crippen LogP contribution in [0.5, 0.6) is 0 Å². The van der Waals surface area contributed by atoms with Crippen LogP contribution in [-0.2, 0) is 19.7 Å². The molecule has 1 fully saturated rings. The molecule has 1 aliphatic carbocycles. The second-order valence-corrected chi connectivity index (χ2v) is 4.51. The summed E-state index contributed by atoms with van der Waals surface area (Å²) in [5, 5.41) is 0. The number of rotatable bonds is 5. The number of ether oxygens (including phenoxy) is 2. The molecular formula is C15H18O3. The Balaban J connectivity index is 2.28. The van der Waals surface area contributed by atoms with E-state index in [9.17, 15) is 4.79 Å². The minimum absolute atomic E-state index is 0.151. The first-order valence-corrected chi connectivity index (χ1v) is 6.15.